The Morgan fingerprint density at radius 2 is 2.24 bits per heavy atom. The molecular formula is C14H21N3O2S2. The van der Waals surface area contributed by atoms with Crippen molar-refractivity contribution < 1.29 is 8.42 Å². The van der Waals surface area contributed by atoms with E-state index in [4.69, 9.17) is 0 Å². The largest absolute Gasteiger partial charge is 0.363 e. The van der Waals surface area contributed by atoms with Crippen LogP contribution in [0.1, 0.15) is 36.4 Å². The van der Waals surface area contributed by atoms with Crippen LogP contribution in [0.25, 0.3) is 0 Å². The first-order chi connectivity index (χ1) is 10.1. The lowest BCUT2D eigenvalue weighted by molar-refractivity contribution is 0.540. The van der Waals surface area contributed by atoms with E-state index in [0.717, 1.165) is 23.4 Å². The zero-order valence-electron chi connectivity index (χ0n) is 12.2. The van der Waals surface area contributed by atoms with Crippen molar-refractivity contribution >= 4 is 21.4 Å². The summed E-state index contributed by atoms with van der Waals surface area (Å²) in [7, 11) is -1.69. The van der Waals surface area contributed by atoms with Crippen molar-refractivity contribution in [2.75, 3.05) is 7.05 Å². The molecule has 21 heavy (non-hydrogen) atoms. The molecule has 3 N–H and O–H groups in total. The summed E-state index contributed by atoms with van der Waals surface area (Å²) in [4.78, 5) is 4.30. The number of aromatic amines is 1. The predicted octanol–water partition coefficient (Wildman–Crippen LogP) is 2.62. The summed E-state index contributed by atoms with van der Waals surface area (Å²) in [5.74, 6) is 0. The van der Waals surface area contributed by atoms with Gasteiger partial charge in [-0.15, -0.1) is 11.3 Å². The minimum atomic E-state index is -3.51. The Labute approximate surface area is 129 Å². The molecule has 2 rings (SSSR count). The number of H-pyrrole nitrogens is 1. The average Bonchev–Trinajstić information content (AvgIpc) is 3.10. The summed E-state index contributed by atoms with van der Waals surface area (Å²) < 4.78 is 27.8. The Morgan fingerprint density at radius 1 is 1.43 bits per heavy atom. The summed E-state index contributed by atoms with van der Waals surface area (Å²) in [6.45, 7) is 2.66. The molecule has 0 aliphatic rings. The Morgan fingerprint density at radius 3 is 2.86 bits per heavy atom. The quantitative estimate of drug-likeness (QED) is 0.698. The van der Waals surface area contributed by atoms with Crippen LogP contribution in [0.2, 0.25) is 0 Å². The van der Waals surface area contributed by atoms with Gasteiger partial charge in [-0.2, -0.15) is 0 Å². The molecule has 0 aliphatic heterocycles. The standard InChI is InChI=1S/C14H21N3O2S2/c1-3-5-13(14-6-4-7-20-14)17-21(18,19)12-8-11(9-15-2)16-10-12/h4,6-8,10,13,15-17H,3,5,9H2,1-2H3. The normalized spacial score (nSPS) is 13.4. The van der Waals surface area contributed by atoms with Gasteiger partial charge in [0.15, 0.2) is 0 Å². The fraction of sp³-hybridized carbons (Fsp3) is 0.429. The molecule has 1 unspecified atom stereocenters. The lowest BCUT2D eigenvalue weighted by Gasteiger charge is -2.16. The van der Waals surface area contributed by atoms with Gasteiger partial charge in [-0.1, -0.05) is 19.4 Å². The first kappa shape index (κ1) is 16.2. The molecule has 2 aromatic heterocycles. The van der Waals surface area contributed by atoms with E-state index in [9.17, 15) is 8.42 Å². The van der Waals surface area contributed by atoms with Gasteiger partial charge in [0.1, 0.15) is 0 Å². The second kappa shape index (κ2) is 7.22. The van der Waals surface area contributed by atoms with Crippen LogP contribution in [0.5, 0.6) is 0 Å². The number of thiophene rings is 1. The van der Waals surface area contributed by atoms with Gasteiger partial charge < -0.3 is 10.3 Å². The first-order valence-electron chi connectivity index (χ1n) is 6.94. The lowest BCUT2D eigenvalue weighted by atomic mass is 10.1. The van der Waals surface area contributed by atoms with Crippen molar-refractivity contribution in [3.8, 4) is 0 Å². The van der Waals surface area contributed by atoms with Gasteiger partial charge in [0.25, 0.3) is 0 Å². The molecule has 0 saturated carbocycles. The fourth-order valence-electron chi connectivity index (χ4n) is 2.16. The van der Waals surface area contributed by atoms with Crippen molar-refractivity contribution in [3.05, 3.63) is 40.3 Å². The molecule has 0 fully saturated rings. The van der Waals surface area contributed by atoms with Gasteiger partial charge in [-0.25, -0.2) is 13.1 Å². The maximum atomic E-state index is 12.5. The summed E-state index contributed by atoms with van der Waals surface area (Å²) in [6.07, 6.45) is 3.24. The Bertz CT molecular complexity index is 648. The molecule has 0 bridgehead atoms. The Hall–Kier alpha value is -1.15. The van der Waals surface area contributed by atoms with Crippen molar-refractivity contribution in [3.63, 3.8) is 0 Å². The van der Waals surface area contributed by atoms with Crippen molar-refractivity contribution in [2.45, 2.75) is 37.2 Å². The van der Waals surface area contributed by atoms with Crippen LogP contribution < -0.4 is 10.0 Å². The van der Waals surface area contributed by atoms with Crippen LogP contribution >= 0.6 is 11.3 Å². The number of nitrogens with one attached hydrogen (secondary N) is 3. The summed E-state index contributed by atoms with van der Waals surface area (Å²) in [6, 6.07) is 5.41. The molecule has 116 valence electrons. The molecule has 0 aromatic carbocycles. The van der Waals surface area contributed by atoms with E-state index >= 15 is 0 Å². The molecule has 2 heterocycles. The first-order valence-corrected chi connectivity index (χ1v) is 9.30. The van der Waals surface area contributed by atoms with Crippen LogP contribution in [-0.4, -0.2) is 20.4 Å². The van der Waals surface area contributed by atoms with Crippen molar-refractivity contribution in [1.29, 1.82) is 0 Å². The second-order valence-electron chi connectivity index (χ2n) is 4.87. The van der Waals surface area contributed by atoms with Gasteiger partial charge in [0, 0.05) is 23.3 Å². The van der Waals surface area contributed by atoms with E-state index in [1.807, 2.05) is 24.6 Å². The van der Waals surface area contributed by atoms with E-state index in [1.54, 1.807) is 17.4 Å². The second-order valence-corrected chi connectivity index (χ2v) is 7.56. The van der Waals surface area contributed by atoms with Crippen LogP contribution in [0.15, 0.2) is 34.7 Å². The molecular weight excluding hydrogens is 306 g/mol. The molecule has 0 spiro atoms. The van der Waals surface area contributed by atoms with Crippen molar-refractivity contribution in [2.24, 2.45) is 0 Å². The number of aromatic nitrogens is 1. The highest BCUT2D eigenvalue weighted by Crippen LogP contribution is 2.25. The SMILES string of the molecule is CCCC(NS(=O)(=O)c1c[nH]c(CNC)c1)c1cccs1. The maximum absolute atomic E-state index is 12.5. The Balaban J connectivity index is 2.17. The van der Waals surface area contributed by atoms with E-state index in [1.165, 1.54) is 6.20 Å². The highest BCUT2D eigenvalue weighted by Gasteiger charge is 2.22. The van der Waals surface area contributed by atoms with E-state index in [2.05, 4.69) is 21.9 Å². The number of sulfonamides is 1. The Kier molecular flexibility index (Phi) is 5.58. The zero-order valence-corrected chi connectivity index (χ0v) is 13.9. The van der Waals surface area contributed by atoms with Gasteiger partial charge in [-0.3, -0.25) is 0 Å². The molecule has 0 aliphatic carbocycles. The summed E-state index contributed by atoms with van der Waals surface area (Å²) >= 11 is 1.58. The van der Waals surface area contributed by atoms with Gasteiger partial charge in [-0.05, 0) is 31.0 Å². The van der Waals surface area contributed by atoms with Crippen LogP contribution in [0.4, 0.5) is 0 Å². The van der Waals surface area contributed by atoms with Crippen molar-refractivity contribution in [1.82, 2.24) is 15.0 Å². The van der Waals surface area contributed by atoms with E-state index in [-0.39, 0.29) is 10.9 Å². The third kappa shape index (κ3) is 4.16. The number of rotatable bonds is 8. The summed E-state index contributed by atoms with van der Waals surface area (Å²) in [5, 5.41) is 4.95. The minimum absolute atomic E-state index is 0.164. The summed E-state index contributed by atoms with van der Waals surface area (Å²) in [5.41, 5.74) is 0.848. The molecule has 5 nitrogen and oxygen atoms in total. The average molecular weight is 327 g/mol. The van der Waals surface area contributed by atoms with Crippen LogP contribution in [0, 0.1) is 0 Å². The lowest BCUT2D eigenvalue weighted by Crippen LogP contribution is -2.27. The number of hydrogen-bond donors (Lipinski definition) is 3. The van der Waals surface area contributed by atoms with Crippen LogP contribution in [0.3, 0.4) is 0 Å². The third-order valence-corrected chi connectivity index (χ3v) is 5.59. The smallest absolute Gasteiger partial charge is 0.242 e. The maximum Gasteiger partial charge on any atom is 0.242 e. The molecule has 7 heteroatoms. The molecule has 0 radical (unpaired) electrons. The number of hydrogen-bond acceptors (Lipinski definition) is 4. The highest BCUT2D eigenvalue weighted by atomic mass is 32.2. The van der Waals surface area contributed by atoms with Gasteiger partial charge in [0.2, 0.25) is 10.0 Å². The zero-order chi connectivity index (χ0) is 15.3. The predicted molar refractivity (Wildman–Crippen MR) is 85.8 cm³/mol. The molecule has 0 amide bonds. The minimum Gasteiger partial charge on any atom is -0.363 e. The molecule has 1 atom stereocenters. The van der Waals surface area contributed by atoms with E-state index in [0.29, 0.717) is 6.54 Å². The third-order valence-electron chi connectivity index (χ3n) is 3.16. The van der Waals surface area contributed by atoms with Gasteiger partial charge >= 0.3 is 0 Å². The van der Waals surface area contributed by atoms with Gasteiger partial charge in [0.05, 0.1) is 10.9 Å². The highest BCUT2D eigenvalue weighted by molar-refractivity contribution is 7.89. The topological polar surface area (TPSA) is 74.0 Å². The fourth-order valence-corrected chi connectivity index (χ4v) is 4.31. The monoisotopic (exact) mass is 327 g/mol. The molecule has 0 saturated heterocycles. The van der Waals surface area contributed by atoms with Crippen LogP contribution in [-0.2, 0) is 16.6 Å². The van der Waals surface area contributed by atoms with E-state index < -0.39 is 10.0 Å². The molecule has 2 aromatic rings.